The predicted molar refractivity (Wildman–Crippen MR) is 155 cm³/mol. The number of nitrogens with one attached hydrogen (secondary N) is 1. The van der Waals surface area contributed by atoms with Crippen LogP contribution in [0.25, 0.3) is 5.69 Å². The van der Waals surface area contributed by atoms with E-state index < -0.39 is 0 Å². The van der Waals surface area contributed by atoms with Crippen LogP contribution in [-0.4, -0.2) is 53.1 Å². The van der Waals surface area contributed by atoms with E-state index in [-0.39, 0.29) is 40.9 Å². The van der Waals surface area contributed by atoms with Gasteiger partial charge in [-0.05, 0) is 55.3 Å². The zero-order valence-corrected chi connectivity index (χ0v) is 24.4. The Kier molecular flexibility index (Phi) is 7.71. The summed E-state index contributed by atoms with van der Waals surface area (Å²) in [4.78, 5) is 29.8. The summed E-state index contributed by atoms with van der Waals surface area (Å²) in [6, 6.07) is 10.3. The highest BCUT2D eigenvalue weighted by atomic mass is 32.2. The van der Waals surface area contributed by atoms with E-state index in [9.17, 15) is 9.59 Å². The smallest absolute Gasteiger partial charge is 0.240 e. The van der Waals surface area contributed by atoms with Gasteiger partial charge in [-0.25, -0.2) is 4.68 Å². The average Bonchev–Trinajstić information content (AvgIpc) is 3.63. The number of ether oxygens (including phenoxy) is 1. The molecule has 2 unspecified atom stereocenters. The summed E-state index contributed by atoms with van der Waals surface area (Å²) in [6.07, 6.45) is 2.00. The molecular formula is C29H36N4O3S2. The van der Waals surface area contributed by atoms with Crippen LogP contribution in [0.4, 0.5) is 5.82 Å². The second-order valence-electron chi connectivity index (χ2n) is 11.1. The summed E-state index contributed by atoms with van der Waals surface area (Å²) in [5, 5.41) is 10.2. The number of hydrogen-bond acceptors (Lipinski definition) is 6. The maximum atomic E-state index is 13.7. The monoisotopic (exact) mass is 552 g/mol. The number of anilines is 1. The molecule has 2 aliphatic heterocycles. The van der Waals surface area contributed by atoms with Crippen molar-refractivity contribution in [3.8, 4) is 5.69 Å². The van der Waals surface area contributed by atoms with E-state index in [1.807, 2.05) is 16.8 Å². The van der Waals surface area contributed by atoms with Crippen LogP contribution >= 0.6 is 23.1 Å². The molecule has 2 atom stereocenters. The van der Waals surface area contributed by atoms with Crippen LogP contribution in [0.1, 0.15) is 66.1 Å². The lowest BCUT2D eigenvalue weighted by Crippen LogP contribution is -2.44. The Labute approximate surface area is 232 Å². The normalized spacial score (nSPS) is 19.9. The van der Waals surface area contributed by atoms with E-state index in [4.69, 9.17) is 9.84 Å². The van der Waals surface area contributed by atoms with Crippen LogP contribution in [0.2, 0.25) is 0 Å². The Morgan fingerprint density at radius 3 is 2.71 bits per heavy atom. The van der Waals surface area contributed by atoms with Gasteiger partial charge >= 0.3 is 0 Å². The Balaban J connectivity index is 1.66. The highest BCUT2D eigenvalue weighted by molar-refractivity contribution is 8.00. The third-order valence-corrected chi connectivity index (χ3v) is 9.58. The molecule has 202 valence electrons. The summed E-state index contributed by atoms with van der Waals surface area (Å²) in [5.74, 6) is 0.705. The van der Waals surface area contributed by atoms with Gasteiger partial charge in [0.05, 0.1) is 28.5 Å². The number of fused-ring (bicyclic) bond motifs is 1. The number of rotatable bonds is 6. The van der Waals surface area contributed by atoms with Gasteiger partial charge in [0, 0.05) is 29.0 Å². The lowest BCUT2D eigenvalue weighted by Gasteiger charge is -2.24. The van der Waals surface area contributed by atoms with Crippen LogP contribution in [0, 0.1) is 13.8 Å². The number of aryl methyl sites for hydroxylation is 1. The number of carbonyl (C=O) groups excluding carboxylic acids is 2. The maximum absolute atomic E-state index is 13.7. The number of carbonyl (C=O) groups is 2. The lowest BCUT2D eigenvalue weighted by atomic mass is 9.88. The third-order valence-electron chi connectivity index (χ3n) is 7.26. The molecule has 0 saturated carbocycles. The molecule has 2 aliphatic rings. The SMILES string of the molecule is Cc1cccc(-n2nc(C(C)(C)C)c3c2N(CC(=O)NCC2CCCO2)C(=O)CSC3c2cccs2)c1C. The van der Waals surface area contributed by atoms with Crippen molar-refractivity contribution in [2.24, 2.45) is 0 Å². The molecule has 3 aromatic rings. The van der Waals surface area contributed by atoms with Gasteiger partial charge in [0.15, 0.2) is 0 Å². The van der Waals surface area contributed by atoms with Crippen LogP contribution in [0.3, 0.4) is 0 Å². The minimum absolute atomic E-state index is 0.0427. The third kappa shape index (κ3) is 5.28. The summed E-state index contributed by atoms with van der Waals surface area (Å²) >= 11 is 3.31. The van der Waals surface area contributed by atoms with Crippen LogP contribution in [0.15, 0.2) is 35.7 Å². The van der Waals surface area contributed by atoms with Gasteiger partial charge in [-0.15, -0.1) is 23.1 Å². The van der Waals surface area contributed by atoms with Crippen molar-refractivity contribution in [3.05, 3.63) is 63.0 Å². The van der Waals surface area contributed by atoms with Crippen molar-refractivity contribution in [2.75, 3.05) is 30.3 Å². The molecule has 38 heavy (non-hydrogen) atoms. The number of hydrogen-bond donors (Lipinski definition) is 1. The summed E-state index contributed by atoms with van der Waals surface area (Å²) in [7, 11) is 0. The Hall–Kier alpha value is -2.62. The van der Waals surface area contributed by atoms with E-state index in [1.165, 1.54) is 4.88 Å². The van der Waals surface area contributed by atoms with Crippen molar-refractivity contribution in [1.82, 2.24) is 15.1 Å². The second kappa shape index (κ2) is 10.9. The molecule has 1 aromatic carbocycles. The van der Waals surface area contributed by atoms with E-state index in [0.29, 0.717) is 12.4 Å². The highest BCUT2D eigenvalue weighted by Crippen LogP contribution is 2.49. The molecule has 5 rings (SSSR count). The largest absolute Gasteiger partial charge is 0.376 e. The first-order valence-electron chi connectivity index (χ1n) is 13.2. The zero-order valence-electron chi connectivity index (χ0n) is 22.7. The fourth-order valence-corrected chi connectivity index (χ4v) is 7.28. The van der Waals surface area contributed by atoms with Gasteiger partial charge in [0.25, 0.3) is 0 Å². The van der Waals surface area contributed by atoms with E-state index in [2.05, 4.69) is 63.5 Å². The molecule has 2 amide bonds. The second-order valence-corrected chi connectivity index (χ2v) is 13.2. The number of thiophene rings is 1. The first-order chi connectivity index (χ1) is 18.1. The van der Waals surface area contributed by atoms with Crippen molar-refractivity contribution < 1.29 is 14.3 Å². The first-order valence-corrected chi connectivity index (χ1v) is 15.1. The van der Waals surface area contributed by atoms with E-state index in [0.717, 1.165) is 47.5 Å². The highest BCUT2D eigenvalue weighted by Gasteiger charge is 2.40. The lowest BCUT2D eigenvalue weighted by molar-refractivity contribution is -0.123. The number of nitrogens with zero attached hydrogens (tertiary/aromatic N) is 3. The number of aromatic nitrogens is 2. The Morgan fingerprint density at radius 2 is 2.03 bits per heavy atom. The van der Waals surface area contributed by atoms with Gasteiger partial charge in [0.1, 0.15) is 12.4 Å². The average molecular weight is 553 g/mol. The Bertz CT molecular complexity index is 1320. The molecule has 7 nitrogen and oxygen atoms in total. The van der Waals surface area contributed by atoms with Crippen molar-refractivity contribution >= 4 is 40.7 Å². The summed E-state index contributed by atoms with van der Waals surface area (Å²) in [5.41, 5.74) is 4.85. The molecule has 0 radical (unpaired) electrons. The fourth-order valence-electron chi connectivity index (χ4n) is 5.10. The van der Waals surface area contributed by atoms with Crippen molar-refractivity contribution in [1.29, 1.82) is 0 Å². The number of thioether (sulfide) groups is 1. The van der Waals surface area contributed by atoms with E-state index in [1.54, 1.807) is 28.0 Å². The molecule has 0 spiro atoms. The van der Waals surface area contributed by atoms with Crippen molar-refractivity contribution in [3.63, 3.8) is 0 Å². The summed E-state index contributed by atoms with van der Waals surface area (Å²) < 4.78 is 7.59. The fraction of sp³-hybridized carbons (Fsp3) is 0.483. The molecular weight excluding hydrogens is 516 g/mol. The van der Waals surface area contributed by atoms with Gasteiger partial charge in [-0.3, -0.25) is 14.5 Å². The first kappa shape index (κ1) is 27.0. The number of amides is 2. The molecule has 0 bridgehead atoms. The van der Waals surface area contributed by atoms with Gasteiger partial charge < -0.3 is 10.1 Å². The zero-order chi connectivity index (χ0) is 27.0. The van der Waals surface area contributed by atoms with Gasteiger partial charge in [0.2, 0.25) is 11.8 Å². The van der Waals surface area contributed by atoms with Crippen LogP contribution in [-0.2, 0) is 19.7 Å². The predicted octanol–water partition coefficient (Wildman–Crippen LogP) is 5.31. The van der Waals surface area contributed by atoms with Crippen LogP contribution < -0.4 is 10.2 Å². The van der Waals surface area contributed by atoms with E-state index >= 15 is 0 Å². The quantitative estimate of drug-likeness (QED) is 0.448. The molecule has 1 fully saturated rings. The van der Waals surface area contributed by atoms with Crippen LogP contribution in [0.5, 0.6) is 0 Å². The maximum Gasteiger partial charge on any atom is 0.240 e. The molecule has 4 heterocycles. The summed E-state index contributed by atoms with van der Waals surface area (Å²) in [6.45, 7) is 11.8. The topological polar surface area (TPSA) is 76.5 Å². The standard InChI is InChI=1S/C29H36N4O3S2/c1-18-9-6-11-21(19(18)2)33-28-25(27(31-33)29(3,4)5)26(22-12-8-14-37-22)38-17-24(35)32(28)16-23(34)30-15-20-10-7-13-36-20/h6,8-9,11-12,14,20,26H,7,10,13,15-17H2,1-5H3,(H,30,34). The molecule has 1 saturated heterocycles. The minimum atomic E-state index is -0.274. The Morgan fingerprint density at radius 1 is 1.21 bits per heavy atom. The van der Waals surface area contributed by atoms with Gasteiger partial charge in [-0.1, -0.05) is 39.0 Å². The minimum Gasteiger partial charge on any atom is -0.376 e. The molecule has 1 N–H and O–H groups in total. The molecule has 9 heteroatoms. The van der Waals surface area contributed by atoms with Gasteiger partial charge in [-0.2, -0.15) is 5.10 Å². The molecule has 0 aliphatic carbocycles. The molecule has 2 aromatic heterocycles. The van der Waals surface area contributed by atoms with Crippen molar-refractivity contribution in [2.45, 2.75) is 64.2 Å². The number of benzene rings is 1.